The minimum Gasteiger partial charge on any atom is -0.465 e. The fourth-order valence-electron chi connectivity index (χ4n) is 4.08. The van der Waals surface area contributed by atoms with Crippen LogP contribution in [0.15, 0.2) is 28.3 Å². The van der Waals surface area contributed by atoms with E-state index in [2.05, 4.69) is 56.2 Å². The SMILES string of the molecule is CC(C)=CCc1ccc2c(CCC3CCN(C(=O)O)CC3)noc2c1CN(C)C. The number of aryl methyl sites for hydroxylation is 1. The molecule has 0 atom stereocenters. The van der Waals surface area contributed by atoms with E-state index in [1.165, 1.54) is 21.6 Å². The normalized spacial score (nSPS) is 15.3. The van der Waals surface area contributed by atoms with Gasteiger partial charge in [-0.2, -0.15) is 0 Å². The molecule has 1 aromatic heterocycles. The lowest BCUT2D eigenvalue weighted by atomic mass is 9.91. The third-order valence-electron chi connectivity index (χ3n) is 5.79. The van der Waals surface area contributed by atoms with Gasteiger partial charge >= 0.3 is 6.09 Å². The van der Waals surface area contributed by atoms with E-state index in [0.29, 0.717) is 19.0 Å². The van der Waals surface area contributed by atoms with Crippen molar-refractivity contribution in [3.8, 4) is 0 Å². The van der Waals surface area contributed by atoms with Crippen LogP contribution in [0.1, 0.15) is 49.9 Å². The summed E-state index contributed by atoms with van der Waals surface area (Å²) in [5, 5.41) is 14.6. The van der Waals surface area contributed by atoms with Gasteiger partial charge in [-0.25, -0.2) is 4.79 Å². The molecular formula is C23H33N3O3. The Balaban J connectivity index is 1.75. The summed E-state index contributed by atoms with van der Waals surface area (Å²) in [5.74, 6) is 0.551. The standard InChI is InChI=1S/C23H33N3O3/c1-16(2)5-7-18-8-9-19-21(24-29-22(19)20(18)15-25(3)4)10-6-17-11-13-26(14-12-17)23(27)28/h5,8-9,17H,6-7,10-15H2,1-4H3,(H,27,28). The van der Waals surface area contributed by atoms with Crippen molar-refractivity contribution in [2.75, 3.05) is 27.2 Å². The second-order valence-electron chi connectivity index (χ2n) is 8.68. The van der Waals surface area contributed by atoms with Gasteiger partial charge in [-0.15, -0.1) is 0 Å². The number of fused-ring (bicyclic) bond motifs is 1. The van der Waals surface area contributed by atoms with Crippen molar-refractivity contribution < 1.29 is 14.4 Å². The number of hydrogen-bond acceptors (Lipinski definition) is 4. The van der Waals surface area contributed by atoms with Gasteiger partial charge in [0.15, 0.2) is 5.58 Å². The van der Waals surface area contributed by atoms with E-state index in [1.807, 2.05) is 0 Å². The first kappa shape index (κ1) is 21.4. The first-order valence-electron chi connectivity index (χ1n) is 10.5. The Bertz CT molecular complexity index is 873. The molecule has 158 valence electrons. The van der Waals surface area contributed by atoms with Crippen molar-refractivity contribution in [3.63, 3.8) is 0 Å². The van der Waals surface area contributed by atoms with Crippen LogP contribution in [0.25, 0.3) is 11.0 Å². The number of benzene rings is 1. The Kier molecular flexibility index (Phi) is 6.96. The van der Waals surface area contributed by atoms with Crippen LogP contribution in [0.2, 0.25) is 0 Å². The quantitative estimate of drug-likeness (QED) is 0.682. The summed E-state index contributed by atoms with van der Waals surface area (Å²) in [4.78, 5) is 14.8. The summed E-state index contributed by atoms with van der Waals surface area (Å²) in [6.07, 6.45) is 6.11. The topological polar surface area (TPSA) is 69.8 Å². The van der Waals surface area contributed by atoms with Gasteiger partial charge in [-0.05, 0) is 77.6 Å². The third kappa shape index (κ3) is 5.38. The van der Waals surface area contributed by atoms with Gasteiger partial charge in [0.05, 0.1) is 5.69 Å². The summed E-state index contributed by atoms with van der Waals surface area (Å²) in [6.45, 7) is 6.35. The number of carbonyl (C=O) groups is 1. The summed E-state index contributed by atoms with van der Waals surface area (Å²) >= 11 is 0. The second-order valence-corrected chi connectivity index (χ2v) is 8.68. The average molecular weight is 400 g/mol. The van der Waals surface area contributed by atoms with Gasteiger partial charge in [-0.3, -0.25) is 0 Å². The molecule has 1 aliphatic rings. The van der Waals surface area contributed by atoms with E-state index < -0.39 is 6.09 Å². The Labute approximate surface area is 173 Å². The molecule has 29 heavy (non-hydrogen) atoms. The molecule has 3 rings (SSSR count). The minimum absolute atomic E-state index is 0.551. The molecule has 1 fully saturated rings. The number of rotatable bonds is 7. The lowest BCUT2D eigenvalue weighted by Gasteiger charge is -2.29. The summed E-state index contributed by atoms with van der Waals surface area (Å²) in [7, 11) is 4.15. The number of amides is 1. The highest BCUT2D eigenvalue weighted by Gasteiger charge is 2.23. The molecule has 0 unspecified atom stereocenters. The van der Waals surface area contributed by atoms with Crippen LogP contribution in [-0.4, -0.2) is 53.3 Å². The van der Waals surface area contributed by atoms with Crippen LogP contribution < -0.4 is 0 Å². The maximum atomic E-state index is 11.1. The Hall–Kier alpha value is -2.34. The van der Waals surface area contributed by atoms with E-state index in [9.17, 15) is 4.79 Å². The van der Waals surface area contributed by atoms with E-state index in [4.69, 9.17) is 9.63 Å². The van der Waals surface area contributed by atoms with Crippen molar-refractivity contribution in [3.05, 3.63) is 40.6 Å². The largest absolute Gasteiger partial charge is 0.465 e. The number of allylic oxidation sites excluding steroid dienone is 2. The monoisotopic (exact) mass is 399 g/mol. The van der Waals surface area contributed by atoms with Crippen molar-refractivity contribution in [2.24, 2.45) is 5.92 Å². The lowest BCUT2D eigenvalue weighted by molar-refractivity contribution is 0.123. The van der Waals surface area contributed by atoms with Crippen LogP contribution in [-0.2, 0) is 19.4 Å². The zero-order valence-corrected chi connectivity index (χ0v) is 18.1. The highest BCUT2D eigenvalue weighted by Crippen LogP contribution is 2.29. The zero-order valence-electron chi connectivity index (χ0n) is 18.1. The van der Waals surface area contributed by atoms with Crippen LogP contribution in [0.3, 0.4) is 0 Å². The first-order chi connectivity index (χ1) is 13.8. The molecule has 1 aromatic carbocycles. The van der Waals surface area contributed by atoms with E-state index in [0.717, 1.165) is 55.3 Å². The van der Waals surface area contributed by atoms with E-state index in [1.54, 1.807) is 0 Å². The first-order valence-corrected chi connectivity index (χ1v) is 10.5. The third-order valence-corrected chi connectivity index (χ3v) is 5.79. The highest BCUT2D eigenvalue weighted by atomic mass is 16.5. The van der Waals surface area contributed by atoms with Crippen molar-refractivity contribution >= 4 is 17.1 Å². The van der Waals surface area contributed by atoms with Gasteiger partial charge in [0.25, 0.3) is 0 Å². The predicted octanol–water partition coefficient (Wildman–Crippen LogP) is 4.72. The summed E-state index contributed by atoms with van der Waals surface area (Å²) < 4.78 is 5.83. The molecule has 6 heteroatoms. The molecule has 0 saturated carbocycles. The lowest BCUT2D eigenvalue weighted by Crippen LogP contribution is -2.37. The van der Waals surface area contributed by atoms with Crippen LogP contribution in [0.5, 0.6) is 0 Å². The molecule has 1 amide bonds. The molecule has 2 heterocycles. The fourth-order valence-corrected chi connectivity index (χ4v) is 4.08. The Morgan fingerprint density at radius 1 is 1.31 bits per heavy atom. The molecular weight excluding hydrogens is 366 g/mol. The van der Waals surface area contributed by atoms with Gasteiger partial charge in [-0.1, -0.05) is 22.9 Å². The summed E-state index contributed by atoms with van der Waals surface area (Å²) in [5.41, 5.74) is 5.76. The number of nitrogens with zero attached hydrogens (tertiary/aromatic N) is 3. The van der Waals surface area contributed by atoms with Crippen molar-refractivity contribution in [1.82, 2.24) is 15.0 Å². The molecule has 0 spiro atoms. The fraction of sp³-hybridized carbons (Fsp3) is 0.565. The zero-order chi connectivity index (χ0) is 21.0. The van der Waals surface area contributed by atoms with Crippen molar-refractivity contribution in [1.29, 1.82) is 0 Å². The smallest absolute Gasteiger partial charge is 0.407 e. The summed E-state index contributed by atoms with van der Waals surface area (Å²) in [6, 6.07) is 4.37. The van der Waals surface area contributed by atoms with Crippen molar-refractivity contribution in [2.45, 2.75) is 52.5 Å². The van der Waals surface area contributed by atoms with Crippen LogP contribution in [0, 0.1) is 5.92 Å². The maximum Gasteiger partial charge on any atom is 0.407 e. The molecule has 0 aliphatic carbocycles. The number of aromatic nitrogens is 1. The van der Waals surface area contributed by atoms with Gasteiger partial charge in [0, 0.05) is 30.6 Å². The number of carboxylic acid groups (broad SMARTS) is 1. The second kappa shape index (κ2) is 9.44. The van der Waals surface area contributed by atoms with Gasteiger partial charge < -0.3 is 19.4 Å². The predicted molar refractivity (Wildman–Crippen MR) is 115 cm³/mol. The molecule has 1 N–H and O–H groups in total. The average Bonchev–Trinajstić information content (AvgIpc) is 3.09. The highest BCUT2D eigenvalue weighted by molar-refractivity contribution is 5.83. The van der Waals surface area contributed by atoms with Gasteiger partial charge in [0.2, 0.25) is 0 Å². The molecule has 1 aliphatic heterocycles. The van der Waals surface area contributed by atoms with Crippen LogP contribution in [0.4, 0.5) is 4.79 Å². The Morgan fingerprint density at radius 2 is 2.03 bits per heavy atom. The van der Waals surface area contributed by atoms with Crippen LogP contribution >= 0.6 is 0 Å². The number of likely N-dealkylation sites (tertiary alicyclic amines) is 1. The molecule has 2 aromatic rings. The Morgan fingerprint density at radius 3 is 2.66 bits per heavy atom. The molecule has 0 bridgehead atoms. The minimum atomic E-state index is -0.803. The molecule has 6 nitrogen and oxygen atoms in total. The molecule has 0 radical (unpaired) electrons. The maximum absolute atomic E-state index is 11.1. The number of hydrogen-bond donors (Lipinski definition) is 1. The molecule has 1 saturated heterocycles. The van der Waals surface area contributed by atoms with E-state index in [-0.39, 0.29) is 0 Å². The number of piperidine rings is 1. The van der Waals surface area contributed by atoms with E-state index >= 15 is 0 Å². The van der Waals surface area contributed by atoms with Gasteiger partial charge in [0.1, 0.15) is 0 Å².